The van der Waals surface area contributed by atoms with Crippen LogP contribution in [0.2, 0.25) is 12.6 Å². The van der Waals surface area contributed by atoms with Crippen molar-refractivity contribution in [2.75, 3.05) is 0 Å². The van der Waals surface area contributed by atoms with E-state index in [0.29, 0.717) is 6.71 Å². The van der Waals surface area contributed by atoms with Gasteiger partial charge in [0.15, 0.2) is 6.71 Å². The monoisotopic (exact) mass is 161 g/mol. The van der Waals surface area contributed by atoms with Crippen LogP contribution in [0.4, 0.5) is 5.69 Å². The van der Waals surface area contributed by atoms with Crippen LogP contribution in [0.15, 0.2) is 24.3 Å². The van der Waals surface area contributed by atoms with Crippen LogP contribution in [-0.2, 0) is 0 Å². The Balaban J connectivity index is 2.32. The Labute approximate surface area is 70.6 Å². The third kappa shape index (κ3) is 1.32. The fraction of sp³-hybridized carbons (Fsp3) is 0.250. The molecule has 60 valence electrons. The number of non-ortho nitro benzene ring substituents is 1. The van der Waals surface area contributed by atoms with Crippen LogP contribution in [0, 0.1) is 10.1 Å². The number of nitro benzene ring substituents is 1. The van der Waals surface area contributed by atoms with Gasteiger partial charge in [0.05, 0.1) is 4.92 Å². The zero-order valence-corrected chi connectivity index (χ0v) is 6.56. The molecule has 1 aliphatic rings. The molecule has 0 N–H and O–H groups in total. The lowest BCUT2D eigenvalue weighted by molar-refractivity contribution is -0.384. The summed E-state index contributed by atoms with van der Waals surface area (Å²) in [5.41, 5.74) is 1.32. The van der Waals surface area contributed by atoms with Crippen molar-refractivity contribution in [2.45, 2.75) is 12.6 Å². The molecule has 0 aliphatic carbocycles. The molecule has 0 amide bonds. The van der Waals surface area contributed by atoms with E-state index in [4.69, 9.17) is 0 Å². The van der Waals surface area contributed by atoms with Crippen molar-refractivity contribution in [1.29, 1.82) is 0 Å². The Bertz CT molecular complexity index is 323. The first kappa shape index (κ1) is 7.34. The maximum atomic E-state index is 10.4. The van der Waals surface area contributed by atoms with Gasteiger partial charge in [0, 0.05) is 12.1 Å². The molecule has 0 aromatic heterocycles. The average molecular weight is 161 g/mol. The Hall–Kier alpha value is -1.32. The van der Waals surface area contributed by atoms with Gasteiger partial charge in [0.25, 0.3) is 5.69 Å². The highest BCUT2D eigenvalue weighted by molar-refractivity contribution is 6.82. The fourth-order valence-corrected chi connectivity index (χ4v) is 1.31. The predicted octanol–water partition coefficient (Wildman–Crippen LogP) is 1.31. The summed E-state index contributed by atoms with van der Waals surface area (Å²) in [5.74, 6) is 0. The molecule has 12 heavy (non-hydrogen) atoms. The van der Waals surface area contributed by atoms with Gasteiger partial charge in [0.1, 0.15) is 0 Å². The lowest BCUT2D eigenvalue weighted by atomic mass is 9.63. The minimum atomic E-state index is -0.341. The predicted molar refractivity (Wildman–Crippen MR) is 48.1 cm³/mol. The number of rotatable bonds is 2. The summed E-state index contributed by atoms with van der Waals surface area (Å²) in [7, 11) is 0. The highest BCUT2D eigenvalue weighted by Gasteiger charge is 2.29. The van der Waals surface area contributed by atoms with Gasteiger partial charge in [-0.15, -0.1) is 0 Å². The zero-order valence-electron chi connectivity index (χ0n) is 6.56. The van der Waals surface area contributed by atoms with Crippen molar-refractivity contribution in [3.63, 3.8) is 0 Å². The van der Waals surface area contributed by atoms with Crippen LogP contribution in [0.25, 0.3) is 0 Å². The first-order valence-electron chi connectivity index (χ1n) is 4.02. The highest BCUT2D eigenvalue weighted by atomic mass is 16.6. The minimum Gasteiger partial charge on any atom is -0.258 e. The minimum absolute atomic E-state index is 0.208. The quantitative estimate of drug-likeness (QED) is 0.372. The molecule has 0 radical (unpaired) electrons. The van der Waals surface area contributed by atoms with Gasteiger partial charge in [-0.1, -0.05) is 30.2 Å². The summed E-state index contributed by atoms with van der Waals surface area (Å²) in [5, 5.41) is 10.4. The second-order valence-electron chi connectivity index (χ2n) is 3.13. The first-order chi connectivity index (χ1) is 5.77. The zero-order chi connectivity index (χ0) is 8.55. The SMILES string of the molecule is O=[N+]([O-])c1cccc(B2CC2)c1. The van der Waals surface area contributed by atoms with E-state index < -0.39 is 0 Å². The van der Waals surface area contributed by atoms with Crippen LogP contribution in [0.5, 0.6) is 0 Å². The van der Waals surface area contributed by atoms with Gasteiger partial charge in [-0.2, -0.15) is 0 Å². The summed E-state index contributed by atoms with van der Waals surface area (Å²) in [6.07, 6.45) is 2.36. The Morgan fingerprint density at radius 3 is 2.75 bits per heavy atom. The fourth-order valence-electron chi connectivity index (χ4n) is 1.31. The number of nitrogens with zero attached hydrogens (tertiary/aromatic N) is 1. The standard InChI is InChI=1S/C8H8BNO2/c11-10(12)8-3-1-2-7(6-8)9-4-5-9/h1-3,6H,4-5H2. The van der Waals surface area contributed by atoms with E-state index in [9.17, 15) is 10.1 Å². The van der Waals surface area contributed by atoms with Gasteiger partial charge in [0.2, 0.25) is 0 Å². The molecular formula is C8H8BNO2. The molecule has 1 aromatic rings. The number of benzene rings is 1. The van der Waals surface area contributed by atoms with Crippen molar-refractivity contribution in [2.24, 2.45) is 0 Å². The molecule has 4 heteroatoms. The average Bonchev–Trinajstić information content (AvgIpc) is 2.87. The topological polar surface area (TPSA) is 43.1 Å². The first-order valence-corrected chi connectivity index (χ1v) is 4.02. The molecule has 3 nitrogen and oxygen atoms in total. The second kappa shape index (κ2) is 2.62. The summed E-state index contributed by atoms with van der Waals surface area (Å²) in [4.78, 5) is 10.1. The third-order valence-corrected chi connectivity index (χ3v) is 2.13. The molecule has 0 atom stereocenters. The summed E-state index contributed by atoms with van der Waals surface area (Å²) in [6.45, 7) is 0.588. The van der Waals surface area contributed by atoms with Crippen molar-refractivity contribution in [3.8, 4) is 0 Å². The van der Waals surface area contributed by atoms with Crippen molar-refractivity contribution < 1.29 is 4.92 Å². The Morgan fingerprint density at radius 2 is 2.17 bits per heavy atom. The highest BCUT2D eigenvalue weighted by Crippen LogP contribution is 2.22. The second-order valence-corrected chi connectivity index (χ2v) is 3.13. The van der Waals surface area contributed by atoms with E-state index in [1.54, 1.807) is 12.1 Å². The summed E-state index contributed by atoms with van der Waals surface area (Å²) in [6, 6.07) is 6.93. The van der Waals surface area contributed by atoms with Gasteiger partial charge in [-0.05, 0) is 0 Å². The molecule has 1 heterocycles. The van der Waals surface area contributed by atoms with Gasteiger partial charge >= 0.3 is 0 Å². The smallest absolute Gasteiger partial charge is 0.258 e. The summed E-state index contributed by atoms with van der Waals surface area (Å²) >= 11 is 0. The van der Waals surface area contributed by atoms with Gasteiger partial charge in [-0.3, -0.25) is 10.1 Å². The van der Waals surface area contributed by atoms with E-state index in [1.165, 1.54) is 18.7 Å². The Morgan fingerprint density at radius 1 is 1.42 bits per heavy atom. The van der Waals surface area contributed by atoms with E-state index in [-0.39, 0.29) is 10.6 Å². The number of hydrogen-bond donors (Lipinski definition) is 0. The summed E-state index contributed by atoms with van der Waals surface area (Å²) < 4.78 is 0. The Kier molecular flexibility index (Phi) is 1.61. The maximum Gasteiger partial charge on any atom is 0.268 e. The van der Waals surface area contributed by atoms with E-state index in [1.807, 2.05) is 6.07 Å². The van der Waals surface area contributed by atoms with Gasteiger partial charge in [-0.25, -0.2) is 0 Å². The molecule has 0 bridgehead atoms. The van der Waals surface area contributed by atoms with Crippen LogP contribution < -0.4 is 5.46 Å². The van der Waals surface area contributed by atoms with Crippen molar-refractivity contribution in [1.82, 2.24) is 0 Å². The maximum absolute atomic E-state index is 10.4. The van der Waals surface area contributed by atoms with Crippen molar-refractivity contribution in [3.05, 3.63) is 34.4 Å². The van der Waals surface area contributed by atoms with Crippen molar-refractivity contribution >= 4 is 17.9 Å². The number of hydrogen-bond acceptors (Lipinski definition) is 2. The van der Waals surface area contributed by atoms with Crippen LogP contribution in [-0.4, -0.2) is 11.6 Å². The van der Waals surface area contributed by atoms with Crippen LogP contribution in [0.3, 0.4) is 0 Å². The molecule has 0 unspecified atom stereocenters. The lowest BCUT2D eigenvalue weighted by Gasteiger charge is -1.94. The van der Waals surface area contributed by atoms with Gasteiger partial charge < -0.3 is 0 Å². The normalized spacial score (nSPS) is 14.5. The molecule has 1 saturated heterocycles. The molecule has 0 spiro atoms. The molecule has 1 aromatic carbocycles. The van der Waals surface area contributed by atoms with E-state index >= 15 is 0 Å². The molecule has 2 rings (SSSR count). The molecule has 1 aliphatic heterocycles. The largest absolute Gasteiger partial charge is 0.268 e. The van der Waals surface area contributed by atoms with Crippen LogP contribution in [0.1, 0.15) is 0 Å². The van der Waals surface area contributed by atoms with E-state index in [2.05, 4.69) is 0 Å². The third-order valence-electron chi connectivity index (χ3n) is 2.13. The van der Waals surface area contributed by atoms with E-state index in [0.717, 1.165) is 5.46 Å². The molecule has 1 fully saturated rings. The molecule has 0 saturated carbocycles. The number of nitro groups is 1. The molecular weight excluding hydrogens is 153 g/mol. The van der Waals surface area contributed by atoms with Crippen LogP contribution >= 0.6 is 0 Å². The lowest BCUT2D eigenvalue weighted by Crippen LogP contribution is -2.14.